The first kappa shape index (κ1) is 23.9. The molecule has 4 fully saturated rings. The quantitative estimate of drug-likeness (QED) is 0.335. The highest BCUT2D eigenvalue weighted by Crippen LogP contribution is 2.56. The Kier molecular flexibility index (Phi) is 5.89. The molecule has 192 valence electrons. The van der Waals surface area contributed by atoms with Crippen LogP contribution in [-0.2, 0) is 32.0 Å². The molecule has 2 aliphatic carbocycles. The highest BCUT2D eigenvalue weighted by molar-refractivity contribution is 6.22. The molecule has 2 heterocycles. The fourth-order valence-electron chi connectivity index (χ4n) is 7.19. The highest BCUT2D eigenvalue weighted by Gasteiger charge is 2.61. The van der Waals surface area contributed by atoms with E-state index in [0.717, 1.165) is 48.9 Å². The molecule has 0 radical (unpaired) electrons. The number of esters is 1. The second kappa shape index (κ2) is 9.12. The molecule has 0 aromatic heterocycles. The number of imide groups is 1. The molecule has 6 rings (SSSR count). The fourth-order valence-corrected chi connectivity index (χ4v) is 7.19. The summed E-state index contributed by atoms with van der Waals surface area (Å²) < 4.78 is 5.70. The first-order valence-electron chi connectivity index (χ1n) is 13.5. The Morgan fingerprint density at radius 3 is 2.16 bits per heavy atom. The largest absolute Gasteiger partial charge is 0.426 e. The second-order valence-corrected chi connectivity index (χ2v) is 10.9. The maximum Gasteiger partial charge on any atom is 0.316 e. The summed E-state index contributed by atoms with van der Waals surface area (Å²) in [7, 11) is 0. The number of hydrogen-bond donors (Lipinski definition) is 0. The van der Waals surface area contributed by atoms with E-state index in [1.165, 1.54) is 4.90 Å². The van der Waals surface area contributed by atoms with Crippen LogP contribution in [-0.4, -0.2) is 30.2 Å². The van der Waals surface area contributed by atoms with Crippen molar-refractivity contribution in [1.82, 2.24) is 0 Å². The summed E-state index contributed by atoms with van der Waals surface area (Å²) in [5.74, 6) is -0.896. The number of para-hydroxylation sites is 1. The molecule has 7 heteroatoms. The Morgan fingerprint density at radius 2 is 1.54 bits per heavy atom. The SMILES string of the molecule is CCc1cccc(CC)c1N1C[C@@H](C(=O)Oc2cccc(N3C(=O)[C@@H]4[C@H]5CC[C@@H](C5)[C@@H]4C3=O)c2)CC1=O. The number of nitrogens with zero attached hydrogens (tertiary/aromatic N) is 2. The number of aryl methyl sites for hydroxylation is 2. The molecule has 2 bridgehead atoms. The van der Waals surface area contributed by atoms with Crippen molar-refractivity contribution in [3.05, 3.63) is 53.6 Å². The van der Waals surface area contributed by atoms with Gasteiger partial charge < -0.3 is 9.64 Å². The van der Waals surface area contributed by atoms with Gasteiger partial charge in [-0.15, -0.1) is 0 Å². The molecule has 0 N–H and O–H groups in total. The summed E-state index contributed by atoms with van der Waals surface area (Å²) in [4.78, 5) is 55.5. The van der Waals surface area contributed by atoms with Crippen LogP contribution in [0.2, 0.25) is 0 Å². The minimum absolute atomic E-state index is 0.0827. The smallest absolute Gasteiger partial charge is 0.316 e. The zero-order valence-corrected chi connectivity index (χ0v) is 21.3. The van der Waals surface area contributed by atoms with E-state index in [2.05, 4.69) is 13.8 Å². The van der Waals surface area contributed by atoms with Crippen molar-refractivity contribution in [2.24, 2.45) is 29.6 Å². The normalized spacial score (nSPS) is 28.4. The third-order valence-corrected chi connectivity index (χ3v) is 8.91. The van der Waals surface area contributed by atoms with Gasteiger partial charge in [0.1, 0.15) is 5.75 Å². The standard InChI is InChI=1S/C30H32N2O5/c1-3-17-7-5-8-18(4-2)27(17)31-16-21(14-24(31)33)30(36)37-23-10-6-9-22(15-23)32-28(34)25-19-11-12-20(13-19)26(25)29(32)35/h5-10,15,19-21,25-26H,3-4,11-14,16H2,1-2H3/t19-,20-,21-,25-,26+/m0/s1. The van der Waals surface area contributed by atoms with Gasteiger partial charge >= 0.3 is 5.97 Å². The molecular weight excluding hydrogens is 468 g/mol. The Bertz CT molecular complexity index is 1250. The van der Waals surface area contributed by atoms with Crippen LogP contribution in [0.25, 0.3) is 0 Å². The number of amides is 3. The van der Waals surface area contributed by atoms with Gasteiger partial charge in [0.15, 0.2) is 0 Å². The molecule has 7 nitrogen and oxygen atoms in total. The van der Waals surface area contributed by atoms with Gasteiger partial charge in [-0.2, -0.15) is 0 Å². The number of carbonyl (C=O) groups excluding carboxylic acids is 4. The molecule has 3 amide bonds. The second-order valence-electron chi connectivity index (χ2n) is 10.9. The predicted octanol–water partition coefficient (Wildman–Crippen LogP) is 4.31. The van der Waals surface area contributed by atoms with E-state index < -0.39 is 11.9 Å². The van der Waals surface area contributed by atoms with Gasteiger partial charge in [-0.1, -0.05) is 38.1 Å². The third-order valence-electron chi connectivity index (χ3n) is 8.91. The maximum atomic E-state index is 13.2. The molecule has 2 saturated heterocycles. The summed E-state index contributed by atoms with van der Waals surface area (Å²) >= 11 is 0. The number of ether oxygens (including phenoxy) is 1. The van der Waals surface area contributed by atoms with Crippen molar-refractivity contribution in [2.75, 3.05) is 16.3 Å². The molecule has 37 heavy (non-hydrogen) atoms. The lowest BCUT2D eigenvalue weighted by atomic mass is 9.81. The van der Waals surface area contributed by atoms with E-state index >= 15 is 0 Å². The van der Waals surface area contributed by atoms with E-state index in [4.69, 9.17) is 4.74 Å². The molecule has 2 aromatic carbocycles. The average Bonchev–Trinajstić information content (AvgIpc) is 3.67. The zero-order valence-electron chi connectivity index (χ0n) is 21.3. The van der Waals surface area contributed by atoms with Crippen LogP contribution in [0.5, 0.6) is 5.75 Å². The number of anilines is 2. The Balaban J connectivity index is 1.18. The molecule has 5 atom stereocenters. The average molecular weight is 501 g/mol. The lowest BCUT2D eigenvalue weighted by Crippen LogP contribution is -2.32. The van der Waals surface area contributed by atoms with E-state index in [0.29, 0.717) is 17.5 Å². The number of rotatable bonds is 6. The predicted molar refractivity (Wildman–Crippen MR) is 138 cm³/mol. The molecule has 2 aromatic rings. The van der Waals surface area contributed by atoms with E-state index in [1.807, 2.05) is 18.2 Å². The summed E-state index contributed by atoms with van der Waals surface area (Å²) in [6.45, 7) is 4.40. The molecule has 0 unspecified atom stereocenters. The van der Waals surface area contributed by atoms with Crippen molar-refractivity contribution in [2.45, 2.75) is 52.4 Å². The first-order valence-corrected chi connectivity index (χ1v) is 13.5. The summed E-state index contributed by atoms with van der Waals surface area (Å²) in [6, 6.07) is 12.7. The summed E-state index contributed by atoms with van der Waals surface area (Å²) in [6.07, 6.45) is 4.72. The van der Waals surface area contributed by atoms with Gasteiger partial charge in [-0.3, -0.25) is 19.2 Å². The maximum absolute atomic E-state index is 13.2. The first-order chi connectivity index (χ1) is 17.9. The molecular formula is C30H32N2O5. The lowest BCUT2D eigenvalue weighted by Gasteiger charge is -2.23. The summed E-state index contributed by atoms with van der Waals surface area (Å²) in [5, 5.41) is 0. The van der Waals surface area contributed by atoms with Crippen LogP contribution in [0.15, 0.2) is 42.5 Å². The van der Waals surface area contributed by atoms with Crippen LogP contribution < -0.4 is 14.5 Å². The number of fused-ring (bicyclic) bond motifs is 5. The van der Waals surface area contributed by atoms with Gasteiger partial charge in [0, 0.05) is 24.7 Å². The number of hydrogen-bond acceptors (Lipinski definition) is 5. The Morgan fingerprint density at radius 1 is 0.919 bits per heavy atom. The molecule has 0 spiro atoms. The number of carbonyl (C=O) groups is 4. The monoisotopic (exact) mass is 500 g/mol. The van der Waals surface area contributed by atoms with Crippen LogP contribution in [0.4, 0.5) is 11.4 Å². The fraction of sp³-hybridized carbons (Fsp3) is 0.467. The van der Waals surface area contributed by atoms with Crippen molar-refractivity contribution in [3.8, 4) is 5.75 Å². The molecule has 4 aliphatic rings. The van der Waals surface area contributed by atoms with Gasteiger partial charge in [-0.25, -0.2) is 4.90 Å². The van der Waals surface area contributed by atoms with Crippen LogP contribution in [0.1, 0.15) is 50.7 Å². The van der Waals surface area contributed by atoms with E-state index in [1.54, 1.807) is 29.2 Å². The van der Waals surface area contributed by atoms with Crippen molar-refractivity contribution < 1.29 is 23.9 Å². The summed E-state index contributed by atoms with van der Waals surface area (Å²) in [5.41, 5.74) is 3.54. The third kappa shape index (κ3) is 3.78. The highest BCUT2D eigenvalue weighted by atomic mass is 16.5. The van der Waals surface area contributed by atoms with Crippen molar-refractivity contribution in [1.29, 1.82) is 0 Å². The van der Waals surface area contributed by atoms with Gasteiger partial charge in [0.25, 0.3) is 0 Å². The topological polar surface area (TPSA) is 84.0 Å². The van der Waals surface area contributed by atoms with Gasteiger partial charge in [0.2, 0.25) is 17.7 Å². The minimum Gasteiger partial charge on any atom is -0.426 e. The molecule has 2 saturated carbocycles. The lowest BCUT2D eigenvalue weighted by molar-refractivity contribution is -0.139. The van der Waals surface area contributed by atoms with E-state index in [9.17, 15) is 19.2 Å². The van der Waals surface area contributed by atoms with Crippen molar-refractivity contribution >= 4 is 35.1 Å². The van der Waals surface area contributed by atoms with Gasteiger partial charge in [-0.05, 0) is 67.2 Å². The number of benzene rings is 2. The molecule has 2 aliphatic heterocycles. The van der Waals surface area contributed by atoms with Crippen LogP contribution >= 0.6 is 0 Å². The van der Waals surface area contributed by atoms with E-state index in [-0.39, 0.29) is 48.3 Å². The van der Waals surface area contributed by atoms with Crippen LogP contribution in [0.3, 0.4) is 0 Å². The Hall–Kier alpha value is -3.48. The minimum atomic E-state index is -0.587. The van der Waals surface area contributed by atoms with Crippen molar-refractivity contribution in [3.63, 3.8) is 0 Å². The van der Waals surface area contributed by atoms with Gasteiger partial charge in [0.05, 0.1) is 23.4 Å². The Labute approximate surface area is 216 Å². The van der Waals surface area contributed by atoms with Crippen LogP contribution in [0, 0.1) is 29.6 Å². The zero-order chi connectivity index (χ0) is 25.8.